The van der Waals surface area contributed by atoms with E-state index in [9.17, 15) is 4.79 Å². The van der Waals surface area contributed by atoms with Gasteiger partial charge in [-0.2, -0.15) is 0 Å². The topological polar surface area (TPSA) is 92.9 Å². The number of anilines is 1. The molecule has 0 fully saturated rings. The first-order valence-electron chi connectivity index (χ1n) is 6.64. The second kappa shape index (κ2) is 6.81. The Morgan fingerprint density at radius 2 is 2.05 bits per heavy atom. The van der Waals surface area contributed by atoms with Crippen molar-refractivity contribution in [2.75, 3.05) is 25.0 Å². The number of benzene rings is 1. The number of aromatic nitrogens is 2. The minimum Gasteiger partial charge on any atom is -0.368 e. The van der Waals surface area contributed by atoms with E-state index in [0.717, 1.165) is 22.5 Å². The molecule has 0 bridgehead atoms. The van der Waals surface area contributed by atoms with E-state index in [1.54, 1.807) is 0 Å². The maximum Gasteiger partial charge on any atom is 0.216 e. The van der Waals surface area contributed by atoms with Gasteiger partial charge in [0.1, 0.15) is 11.6 Å². The fraction of sp³-hybridized carbons (Fsp3) is 0.357. The Labute approximate surface area is 117 Å². The molecule has 1 amide bonds. The SMILES string of the molecule is CC(=O)NCCNc1nc(CCN)nc2ccccc12. The Kier molecular flexibility index (Phi) is 4.84. The van der Waals surface area contributed by atoms with E-state index in [4.69, 9.17) is 5.73 Å². The summed E-state index contributed by atoms with van der Waals surface area (Å²) in [5.41, 5.74) is 6.46. The van der Waals surface area contributed by atoms with Crippen LogP contribution in [-0.2, 0) is 11.2 Å². The molecule has 20 heavy (non-hydrogen) atoms. The number of hydrogen-bond acceptors (Lipinski definition) is 5. The molecule has 0 spiro atoms. The number of para-hydroxylation sites is 1. The van der Waals surface area contributed by atoms with Crippen LogP contribution >= 0.6 is 0 Å². The molecule has 4 N–H and O–H groups in total. The number of nitrogens with two attached hydrogens (primary N) is 1. The van der Waals surface area contributed by atoms with Crippen molar-refractivity contribution in [3.63, 3.8) is 0 Å². The van der Waals surface area contributed by atoms with Gasteiger partial charge in [-0.25, -0.2) is 9.97 Å². The van der Waals surface area contributed by atoms with Gasteiger partial charge in [0.15, 0.2) is 0 Å². The number of hydrogen-bond donors (Lipinski definition) is 3. The first-order valence-corrected chi connectivity index (χ1v) is 6.64. The maximum absolute atomic E-state index is 10.8. The fourth-order valence-electron chi connectivity index (χ4n) is 1.92. The van der Waals surface area contributed by atoms with Gasteiger partial charge in [-0.3, -0.25) is 4.79 Å². The highest BCUT2D eigenvalue weighted by molar-refractivity contribution is 5.89. The first-order chi connectivity index (χ1) is 9.70. The van der Waals surface area contributed by atoms with E-state index >= 15 is 0 Å². The van der Waals surface area contributed by atoms with Gasteiger partial charge in [0.2, 0.25) is 5.91 Å². The minimum absolute atomic E-state index is 0.0387. The Bertz CT molecular complexity index is 599. The van der Waals surface area contributed by atoms with Crippen molar-refractivity contribution < 1.29 is 4.79 Å². The summed E-state index contributed by atoms with van der Waals surface area (Å²) < 4.78 is 0. The van der Waals surface area contributed by atoms with Gasteiger partial charge in [0.05, 0.1) is 5.52 Å². The second-order valence-corrected chi connectivity index (χ2v) is 4.45. The van der Waals surface area contributed by atoms with Crippen LogP contribution in [0.4, 0.5) is 5.82 Å². The lowest BCUT2D eigenvalue weighted by atomic mass is 10.2. The third-order valence-corrected chi connectivity index (χ3v) is 2.81. The van der Waals surface area contributed by atoms with Crippen LogP contribution in [0.5, 0.6) is 0 Å². The number of fused-ring (bicyclic) bond motifs is 1. The fourth-order valence-corrected chi connectivity index (χ4v) is 1.92. The van der Waals surface area contributed by atoms with Gasteiger partial charge in [-0.1, -0.05) is 12.1 Å². The summed E-state index contributed by atoms with van der Waals surface area (Å²) in [4.78, 5) is 19.8. The second-order valence-electron chi connectivity index (χ2n) is 4.45. The third-order valence-electron chi connectivity index (χ3n) is 2.81. The number of carbonyl (C=O) groups is 1. The van der Waals surface area contributed by atoms with Gasteiger partial charge in [0, 0.05) is 31.8 Å². The monoisotopic (exact) mass is 273 g/mol. The molecule has 2 aromatic rings. The lowest BCUT2D eigenvalue weighted by Gasteiger charge is -2.10. The summed E-state index contributed by atoms with van der Waals surface area (Å²) in [6.07, 6.45) is 0.644. The Morgan fingerprint density at radius 1 is 1.25 bits per heavy atom. The first kappa shape index (κ1) is 14.2. The molecule has 6 heteroatoms. The maximum atomic E-state index is 10.8. The molecule has 2 rings (SSSR count). The number of rotatable bonds is 6. The number of amides is 1. The Balaban J connectivity index is 2.18. The molecular formula is C14H19N5O. The van der Waals surface area contributed by atoms with Crippen molar-refractivity contribution >= 4 is 22.6 Å². The molecule has 0 saturated carbocycles. The molecule has 6 nitrogen and oxygen atoms in total. The zero-order valence-electron chi connectivity index (χ0n) is 11.5. The van der Waals surface area contributed by atoms with Gasteiger partial charge < -0.3 is 16.4 Å². The van der Waals surface area contributed by atoms with Crippen LogP contribution in [0.1, 0.15) is 12.7 Å². The molecule has 0 saturated heterocycles. The van der Waals surface area contributed by atoms with E-state index in [1.165, 1.54) is 6.92 Å². The molecule has 0 aliphatic heterocycles. The van der Waals surface area contributed by atoms with Crippen LogP contribution in [-0.4, -0.2) is 35.5 Å². The van der Waals surface area contributed by atoms with E-state index in [2.05, 4.69) is 20.6 Å². The van der Waals surface area contributed by atoms with Crippen LogP contribution in [0.2, 0.25) is 0 Å². The largest absolute Gasteiger partial charge is 0.368 e. The van der Waals surface area contributed by atoms with Crippen molar-refractivity contribution in [2.45, 2.75) is 13.3 Å². The van der Waals surface area contributed by atoms with Gasteiger partial charge in [-0.05, 0) is 18.7 Å². The van der Waals surface area contributed by atoms with Gasteiger partial charge >= 0.3 is 0 Å². The van der Waals surface area contributed by atoms with Crippen molar-refractivity contribution in [3.05, 3.63) is 30.1 Å². The van der Waals surface area contributed by atoms with Crippen LogP contribution in [0.15, 0.2) is 24.3 Å². The lowest BCUT2D eigenvalue weighted by molar-refractivity contribution is -0.118. The quantitative estimate of drug-likeness (QED) is 0.673. The highest BCUT2D eigenvalue weighted by Crippen LogP contribution is 2.19. The number of nitrogens with zero attached hydrogens (tertiary/aromatic N) is 2. The van der Waals surface area contributed by atoms with Crippen LogP contribution < -0.4 is 16.4 Å². The van der Waals surface area contributed by atoms with E-state index in [1.807, 2.05) is 24.3 Å². The number of carbonyl (C=O) groups excluding carboxylic acids is 1. The van der Waals surface area contributed by atoms with Gasteiger partial charge in [0.25, 0.3) is 0 Å². The molecule has 106 valence electrons. The average molecular weight is 273 g/mol. The molecule has 1 heterocycles. The van der Waals surface area contributed by atoms with Crippen molar-refractivity contribution in [2.24, 2.45) is 5.73 Å². The Morgan fingerprint density at radius 3 is 2.80 bits per heavy atom. The molecule has 0 unspecified atom stereocenters. The summed E-state index contributed by atoms with van der Waals surface area (Å²) in [5.74, 6) is 1.47. The predicted octanol–water partition coefficient (Wildman–Crippen LogP) is 0.679. The standard InChI is InChI=1S/C14H19N5O/c1-10(20)16-8-9-17-14-11-4-2-3-5-12(11)18-13(19-14)6-7-15/h2-5H,6-9,15H2,1H3,(H,16,20)(H,17,18,19). The summed E-state index contributed by atoms with van der Waals surface area (Å²) in [6.45, 7) is 3.19. The molecule has 0 aliphatic rings. The van der Waals surface area contributed by atoms with Crippen LogP contribution in [0, 0.1) is 0 Å². The molecule has 1 aromatic carbocycles. The predicted molar refractivity (Wildman–Crippen MR) is 79.5 cm³/mol. The van der Waals surface area contributed by atoms with Crippen molar-refractivity contribution in [1.82, 2.24) is 15.3 Å². The normalized spacial score (nSPS) is 10.5. The molecule has 0 aliphatic carbocycles. The Hall–Kier alpha value is -2.21. The van der Waals surface area contributed by atoms with E-state index in [-0.39, 0.29) is 5.91 Å². The smallest absolute Gasteiger partial charge is 0.216 e. The molecular weight excluding hydrogens is 254 g/mol. The summed E-state index contributed by atoms with van der Waals surface area (Å²) in [6, 6.07) is 7.83. The van der Waals surface area contributed by atoms with Gasteiger partial charge in [-0.15, -0.1) is 0 Å². The van der Waals surface area contributed by atoms with Crippen LogP contribution in [0.3, 0.4) is 0 Å². The van der Waals surface area contributed by atoms with Crippen LogP contribution in [0.25, 0.3) is 10.9 Å². The molecule has 1 aromatic heterocycles. The summed E-state index contributed by atoms with van der Waals surface area (Å²) in [7, 11) is 0. The van der Waals surface area contributed by atoms with Crippen molar-refractivity contribution in [1.29, 1.82) is 0 Å². The van der Waals surface area contributed by atoms with E-state index in [0.29, 0.717) is 26.1 Å². The highest BCUT2D eigenvalue weighted by atomic mass is 16.1. The molecule has 0 radical (unpaired) electrons. The average Bonchev–Trinajstić information content (AvgIpc) is 2.43. The lowest BCUT2D eigenvalue weighted by Crippen LogP contribution is -2.26. The van der Waals surface area contributed by atoms with Crippen molar-refractivity contribution in [3.8, 4) is 0 Å². The molecule has 0 atom stereocenters. The highest BCUT2D eigenvalue weighted by Gasteiger charge is 2.06. The zero-order valence-corrected chi connectivity index (χ0v) is 11.5. The zero-order chi connectivity index (χ0) is 14.4. The minimum atomic E-state index is -0.0387. The summed E-state index contributed by atoms with van der Waals surface area (Å²) in [5, 5.41) is 6.94. The number of nitrogens with one attached hydrogen (secondary N) is 2. The van der Waals surface area contributed by atoms with E-state index < -0.39 is 0 Å². The third kappa shape index (κ3) is 3.64. The summed E-state index contributed by atoms with van der Waals surface area (Å²) >= 11 is 0.